The van der Waals surface area contributed by atoms with Crippen LogP contribution in [0.25, 0.3) is 9.75 Å². The van der Waals surface area contributed by atoms with E-state index in [1.54, 1.807) is 17.4 Å². The predicted octanol–water partition coefficient (Wildman–Crippen LogP) is 3.60. The Balaban J connectivity index is 2.32. The van der Waals surface area contributed by atoms with Gasteiger partial charge in [-0.15, -0.1) is 22.7 Å². The van der Waals surface area contributed by atoms with E-state index in [0.29, 0.717) is 4.88 Å². The van der Waals surface area contributed by atoms with E-state index in [1.165, 1.54) is 16.2 Å². The van der Waals surface area contributed by atoms with Gasteiger partial charge in [0.1, 0.15) is 4.88 Å². The van der Waals surface area contributed by atoms with E-state index in [4.69, 9.17) is 5.11 Å². The van der Waals surface area contributed by atoms with Gasteiger partial charge >= 0.3 is 5.97 Å². The van der Waals surface area contributed by atoms with E-state index in [-0.39, 0.29) is 0 Å². The van der Waals surface area contributed by atoms with Gasteiger partial charge in [-0.05, 0) is 24.3 Å². The number of thiol groups is 1. The Kier molecular flexibility index (Phi) is 3.14. The predicted molar refractivity (Wildman–Crippen MR) is 67.3 cm³/mol. The SMILES string of the molecule is O=C(O)c1ccc(-c2ccc(CS)s2)s1. The molecule has 2 aromatic heterocycles. The fourth-order valence-corrected chi connectivity index (χ4v) is 3.28. The van der Waals surface area contributed by atoms with E-state index in [1.807, 2.05) is 18.2 Å². The molecule has 1 N–H and O–H groups in total. The summed E-state index contributed by atoms with van der Waals surface area (Å²) < 4.78 is 0. The van der Waals surface area contributed by atoms with Gasteiger partial charge in [-0.1, -0.05) is 0 Å². The van der Waals surface area contributed by atoms with Crippen molar-refractivity contribution in [3.8, 4) is 9.75 Å². The first-order chi connectivity index (χ1) is 7.20. The van der Waals surface area contributed by atoms with Crippen LogP contribution < -0.4 is 0 Å². The number of carbonyl (C=O) groups is 1. The van der Waals surface area contributed by atoms with Crippen molar-refractivity contribution in [3.63, 3.8) is 0 Å². The summed E-state index contributed by atoms with van der Waals surface area (Å²) in [5.41, 5.74) is 0. The molecule has 0 unspecified atom stereocenters. The van der Waals surface area contributed by atoms with Crippen molar-refractivity contribution in [1.82, 2.24) is 0 Å². The summed E-state index contributed by atoms with van der Waals surface area (Å²) in [6.07, 6.45) is 0. The first-order valence-electron chi connectivity index (χ1n) is 4.24. The van der Waals surface area contributed by atoms with Crippen molar-refractivity contribution in [2.45, 2.75) is 5.75 Å². The molecule has 0 saturated carbocycles. The molecule has 0 radical (unpaired) electrons. The van der Waals surface area contributed by atoms with Crippen molar-refractivity contribution >= 4 is 41.3 Å². The van der Waals surface area contributed by atoms with Gasteiger partial charge in [0.05, 0.1) is 0 Å². The van der Waals surface area contributed by atoms with E-state index < -0.39 is 5.97 Å². The van der Waals surface area contributed by atoms with E-state index in [0.717, 1.165) is 15.5 Å². The maximum atomic E-state index is 10.7. The van der Waals surface area contributed by atoms with Crippen LogP contribution in [-0.4, -0.2) is 11.1 Å². The Bertz CT molecular complexity index is 484. The number of hydrogen-bond acceptors (Lipinski definition) is 4. The third-order valence-corrected chi connectivity index (χ3v) is 4.79. The fourth-order valence-electron chi connectivity index (χ4n) is 1.18. The van der Waals surface area contributed by atoms with Crippen LogP contribution in [0.15, 0.2) is 24.3 Å². The zero-order valence-electron chi connectivity index (χ0n) is 7.64. The normalized spacial score (nSPS) is 10.5. The van der Waals surface area contributed by atoms with Crippen LogP contribution in [0, 0.1) is 0 Å². The van der Waals surface area contributed by atoms with Crippen LogP contribution in [0.1, 0.15) is 14.5 Å². The van der Waals surface area contributed by atoms with E-state index in [2.05, 4.69) is 12.6 Å². The molecule has 0 spiro atoms. The highest BCUT2D eigenvalue weighted by Crippen LogP contribution is 2.33. The number of carboxylic acids is 1. The van der Waals surface area contributed by atoms with Gasteiger partial charge in [0.25, 0.3) is 0 Å². The molecule has 15 heavy (non-hydrogen) atoms. The molecule has 0 aliphatic rings. The summed E-state index contributed by atoms with van der Waals surface area (Å²) in [5.74, 6) is -0.140. The third kappa shape index (κ3) is 2.25. The summed E-state index contributed by atoms with van der Waals surface area (Å²) in [6, 6.07) is 7.52. The first kappa shape index (κ1) is 10.7. The Morgan fingerprint density at radius 2 is 1.87 bits per heavy atom. The molecule has 0 saturated heterocycles. The third-order valence-electron chi connectivity index (χ3n) is 1.88. The fraction of sp³-hybridized carbons (Fsp3) is 0.100. The molecule has 0 atom stereocenters. The highest BCUT2D eigenvalue weighted by atomic mass is 32.1. The monoisotopic (exact) mass is 256 g/mol. The van der Waals surface area contributed by atoms with Gasteiger partial charge in [0, 0.05) is 20.4 Å². The Morgan fingerprint density at radius 1 is 1.20 bits per heavy atom. The van der Waals surface area contributed by atoms with Crippen LogP contribution in [0.5, 0.6) is 0 Å². The van der Waals surface area contributed by atoms with Crippen LogP contribution in [-0.2, 0) is 5.75 Å². The molecule has 2 heterocycles. The van der Waals surface area contributed by atoms with Gasteiger partial charge in [-0.25, -0.2) is 4.79 Å². The minimum absolute atomic E-state index is 0.380. The average molecular weight is 256 g/mol. The lowest BCUT2D eigenvalue weighted by Gasteiger charge is -1.88. The quantitative estimate of drug-likeness (QED) is 0.823. The molecular formula is C10H8O2S3. The molecule has 78 valence electrons. The minimum atomic E-state index is -0.864. The summed E-state index contributed by atoms with van der Waals surface area (Å²) in [5, 5.41) is 8.80. The largest absolute Gasteiger partial charge is 0.477 e. The lowest BCUT2D eigenvalue weighted by atomic mass is 10.3. The maximum Gasteiger partial charge on any atom is 0.345 e. The van der Waals surface area contributed by atoms with Gasteiger partial charge in [0.2, 0.25) is 0 Å². The minimum Gasteiger partial charge on any atom is -0.477 e. The van der Waals surface area contributed by atoms with Crippen LogP contribution in [0.3, 0.4) is 0 Å². The molecule has 5 heteroatoms. The molecule has 0 aliphatic carbocycles. The smallest absolute Gasteiger partial charge is 0.345 e. The summed E-state index contributed by atoms with van der Waals surface area (Å²) in [6.45, 7) is 0. The topological polar surface area (TPSA) is 37.3 Å². The zero-order chi connectivity index (χ0) is 10.8. The second kappa shape index (κ2) is 4.38. The van der Waals surface area contributed by atoms with Crippen LogP contribution in [0.4, 0.5) is 0 Å². The van der Waals surface area contributed by atoms with Crippen molar-refractivity contribution in [1.29, 1.82) is 0 Å². The molecule has 0 amide bonds. The van der Waals surface area contributed by atoms with Gasteiger partial charge in [-0.2, -0.15) is 12.6 Å². The van der Waals surface area contributed by atoms with Crippen molar-refractivity contribution in [2.75, 3.05) is 0 Å². The number of thiophene rings is 2. The van der Waals surface area contributed by atoms with E-state index >= 15 is 0 Å². The van der Waals surface area contributed by atoms with Crippen LogP contribution in [0.2, 0.25) is 0 Å². The van der Waals surface area contributed by atoms with Gasteiger partial charge < -0.3 is 5.11 Å². The van der Waals surface area contributed by atoms with Crippen molar-refractivity contribution < 1.29 is 9.90 Å². The lowest BCUT2D eigenvalue weighted by Crippen LogP contribution is -1.89. The molecule has 0 aliphatic heterocycles. The molecular weight excluding hydrogens is 248 g/mol. The Hall–Kier alpha value is -0.780. The van der Waals surface area contributed by atoms with Crippen molar-refractivity contribution in [3.05, 3.63) is 34.0 Å². The number of hydrogen-bond donors (Lipinski definition) is 2. The van der Waals surface area contributed by atoms with Gasteiger partial charge in [-0.3, -0.25) is 0 Å². The highest BCUT2D eigenvalue weighted by Gasteiger charge is 2.09. The molecule has 2 rings (SSSR count). The first-order valence-corrected chi connectivity index (χ1v) is 6.50. The van der Waals surface area contributed by atoms with E-state index in [9.17, 15) is 4.79 Å². The average Bonchev–Trinajstić information content (AvgIpc) is 2.86. The lowest BCUT2D eigenvalue weighted by molar-refractivity contribution is 0.0702. The molecule has 2 nitrogen and oxygen atoms in total. The summed E-state index contributed by atoms with van der Waals surface area (Å²) in [7, 11) is 0. The molecule has 0 fully saturated rings. The van der Waals surface area contributed by atoms with Crippen LogP contribution >= 0.6 is 35.3 Å². The summed E-state index contributed by atoms with van der Waals surface area (Å²) >= 11 is 7.15. The highest BCUT2D eigenvalue weighted by molar-refractivity contribution is 7.79. The second-order valence-electron chi connectivity index (χ2n) is 2.89. The maximum absolute atomic E-state index is 10.7. The zero-order valence-corrected chi connectivity index (χ0v) is 10.2. The number of carboxylic acid groups (broad SMARTS) is 1. The number of aromatic carboxylic acids is 1. The van der Waals surface area contributed by atoms with Crippen molar-refractivity contribution in [2.24, 2.45) is 0 Å². The molecule has 0 aromatic carbocycles. The Morgan fingerprint density at radius 3 is 2.40 bits per heavy atom. The second-order valence-corrected chi connectivity index (χ2v) is 5.46. The van der Waals surface area contributed by atoms with Gasteiger partial charge in [0.15, 0.2) is 0 Å². The number of rotatable bonds is 3. The standard InChI is InChI=1S/C10H8O2S3/c11-10(12)9-4-3-8(15-9)7-2-1-6(5-13)14-7/h1-4,13H,5H2,(H,11,12). The molecule has 2 aromatic rings. The molecule has 0 bridgehead atoms. The summed E-state index contributed by atoms with van der Waals surface area (Å²) in [4.78, 5) is 14.4. The Labute approximate surface area is 101 Å².